The minimum Gasteiger partial charge on any atom is -0.350 e. The molecule has 0 bridgehead atoms. The lowest BCUT2D eigenvalue weighted by atomic mass is 10.1. The highest BCUT2D eigenvalue weighted by Crippen LogP contribution is 2.19. The first-order valence-electron chi connectivity index (χ1n) is 8.87. The van der Waals surface area contributed by atoms with Gasteiger partial charge in [0.2, 0.25) is 5.91 Å². The Balaban J connectivity index is 1.59. The number of aromatic amines is 1. The Hall–Kier alpha value is -2.32. The van der Waals surface area contributed by atoms with E-state index in [0.29, 0.717) is 30.2 Å². The van der Waals surface area contributed by atoms with Crippen LogP contribution in [0.5, 0.6) is 0 Å². The molecule has 0 fully saturated rings. The first-order valence-corrected chi connectivity index (χ1v) is 10.2. The maximum absolute atomic E-state index is 12.2. The van der Waals surface area contributed by atoms with E-state index in [0.717, 1.165) is 22.1 Å². The van der Waals surface area contributed by atoms with Crippen molar-refractivity contribution in [3.63, 3.8) is 0 Å². The minimum atomic E-state index is -0.0351. The average Bonchev–Trinajstić information content (AvgIpc) is 3.26. The third-order valence-corrected chi connectivity index (χ3v) is 5.67. The molecular formula is C19H23N5OS2. The molecule has 0 unspecified atom stereocenters. The quantitative estimate of drug-likeness (QED) is 0.582. The first kappa shape index (κ1) is 19.4. The lowest BCUT2D eigenvalue weighted by molar-refractivity contribution is -0.121. The molecule has 6 nitrogen and oxygen atoms in total. The molecule has 8 heteroatoms. The van der Waals surface area contributed by atoms with Crippen molar-refractivity contribution >= 4 is 29.5 Å². The van der Waals surface area contributed by atoms with Crippen LogP contribution in [-0.2, 0) is 17.9 Å². The molecule has 1 aromatic carbocycles. The normalized spacial score (nSPS) is 11.1. The summed E-state index contributed by atoms with van der Waals surface area (Å²) in [7, 11) is 0. The third kappa shape index (κ3) is 4.90. The van der Waals surface area contributed by atoms with Crippen molar-refractivity contribution < 1.29 is 4.79 Å². The summed E-state index contributed by atoms with van der Waals surface area (Å²) in [5, 5.41) is 13.1. The van der Waals surface area contributed by atoms with Gasteiger partial charge < -0.3 is 5.32 Å². The molecule has 2 aromatic heterocycles. The number of H-pyrrole nitrogens is 1. The van der Waals surface area contributed by atoms with E-state index in [1.165, 1.54) is 5.56 Å². The van der Waals surface area contributed by atoms with Crippen molar-refractivity contribution in [2.75, 3.05) is 0 Å². The van der Waals surface area contributed by atoms with E-state index in [-0.39, 0.29) is 5.91 Å². The van der Waals surface area contributed by atoms with Gasteiger partial charge in [-0.1, -0.05) is 43.7 Å². The molecular weight excluding hydrogens is 378 g/mol. The Morgan fingerprint density at radius 2 is 2.07 bits per heavy atom. The number of thiazole rings is 1. The van der Waals surface area contributed by atoms with Crippen LogP contribution in [0.1, 0.15) is 42.5 Å². The van der Waals surface area contributed by atoms with Crippen molar-refractivity contribution in [3.05, 3.63) is 50.7 Å². The number of rotatable bonds is 7. The molecule has 3 rings (SSSR count). The van der Waals surface area contributed by atoms with Crippen LogP contribution in [0.4, 0.5) is 0 Å². The maximum Gasteiger partial charge on any atom is 0.222 e. The van der Waals surface area contributed by atoms with Crippen molar-refractivity contribution in [2.45, 2.75) is 46.2 Å². The number of aryl methyl sites for hydroxylation is 1. The summed E-state index contributed by atoms with van der Waals surface area (Å²) >= 11 is 6.95. The molecule has 27 heavy (non-hydrogen) atoms. The Morgan fingerprint density at radius 3 is 2.74 bits per heavy atom. The number of aromatic nitrogens is 4. The number of benzene rings is 1. The van der Waals surface area contributed by atoms with Crippen LogP contribution >= 0.6 is 23.6 Å². The van der Waals surface area contributed by atoms with E-state index in [1.807, 2.05) is 41.1 Å². The van der Waals surface area contributed by atoms with Crippen molar-refractivity contribution in [3.8, 4) is 11.4 Å². The fourth-order valence-electron chi connectivity index (χ4n) is 2.61. The third-order valence-electron chi connectivity index (χ3n) is 4.16. The van der Waals surface area contributed by atoms with Gasteiger partial charge in [0, 0.05) is 29.8 Å². The molecule has 0 radical (unpaired) electrons. The van der Waals surface area contributed by atoms with Crippen LogP contribution in [-0.4, -0.2) is 25.7 Å². The summed E-state index contributed by atoms with van der Waals surface area (Å²) in [4.78, 5) is 16.8. The molecule has 3 aromatic rings. The molecule has 0 atom stereocenters. The van der Waals surface area contributed by atoms with Gasteiger partial charge in [0.1, 0.15) is 0 Å². The average molecular weight is 402 g/mol. The molecule has 0 aliphatic carbocycles. The van der Waals surface area contributed by atoms with Crippen LogP contribution in [0, 0.1) is 11.7 Å². The zero-order chi connectivity index (χ0) is 19.4. The number of nitrogens with zero attached hydrogens (tertiary/aromatic N) is 3. The predicted molar refractivity (Wildman–Crippen MR) is 110 cm³/mol. The van der Waals surface area contributed by atoms with Crippen molar-refractivity contribution in [1.82, 2.24) is 25.1 Å². The van der Waals surface area contributed by atoms with Gasteiger partial charge in [-0.15, -0.1) is 11.3 Å². The smallest absolute Gasteiger partial charge is 0.222 e. The Bertz CT molecular complexity index is 969. The molecule has 0 saturated carbocycles. The fraction of sp³-hybridized carbons (Fsp3) is 0.368. The van der Waals surface area contributed by atoms with Gasteiger partial charge in [0.05, 0.1) is 17.2 Å². The molecule has 0 saturated heterocycles. The van der Waals surface area contributed by atoms with Gasteiger partial charge in [-0.3, -0.25) is 14.5 Å². The van der Waals surface area contributed by atoms with Gasteiger partial charge in [0.15, 0.2) is 10.6 Å². The highest BCUT2D eigenvalue weighted by molar-refractivity contribution is 7.71. The van der Waals surface area contributed by atoms with E-state index in [9.17, 15) is 4.79 Å². The molecule has 0 spiro atoms. The Labute approximate surface area is 167 Å². The molecule has 142 valence electrons. The molecule has 2 heterocycles. The van der Waals surface area contributed by atoms with Gasteiger partial charge in [-0.25, -0.2) is 4.98 Å². The van der Waals surface area contributed by atoms with E-state index >= 15 is 0 Å². The second-order valence-electron chi connectivity index (χ2n) is 6.73. The monoisotopic (exact) mass is 401 g/mol. The summed E-state index contributed by atoms with van der Waals surface area (Å²) in [6.45, 7) is 7.18. The van der Waals surface area contributed by atoms with Crippen LogP contribution in [0.25, 0.3) is 11.4 Å². The number of hydrogen-bond acceptors (Lipinski definition) is 5. The SMILES string of the molecule is Cc1ccc(-c2n[nH]c(=S)n2CCC(=O)NCc2csc(C(C)C)n2)cc1. The van der Waals surface area contributed by atoms with Gasteiger partial charge in [-0.05, 0) is 19.1 Å². The minimum absolute atomic E-state index is 0.0351. The second kappa shape index (κ2) is 8.58. The maximum atomic E-state index is 12.2. The fourth-order valence-corrected chi connectivity index (χ4v) is 3.67. The van der Waals surface area contributed by atoms with Crippen LogP contribution in [0.2, 0.25) is 0 Å². The molecule has 0 aliphatic rings. The first-order chi connectivity index (χ1) is 12.9. The largest absolute Gasteiger partial charge is 0.350 e. The van der Waals surface area contributed by atoms with Gasteiger partial charge in [0.25, 0.3) is 0 Å². The van der Waals surface area contributed by atoms with Crippen LogP contribution < -0.4 is 5.32 Å². The zero-order valence-corrected chi connectivity index (χ0v) is 17.3. The molecule has 1 amide bonds. The second-order valence-corrected chi connectivity index (χ2v) is 8.00. The lowest BCUT2D eigenvalue weighted by Crippen LogP contribution is -2.24. The van der Waals surface area contributed by atoms with E-state index in [2.05, 4.69) is 34.3 Å². The predicted octanol–water partition coefficient (Wildman–Crippen LogP) is 4.20. The van der Waals surface area contributed by atoms with Gasteiger partial charge >= 0.3 is 0 Å². The van der Waals surface area contributed by atoms with Crippen LogP contribution in [0.15, 0.2) is 29.6 Å². The summed E-state index contributed by atoms with van der Waals surface area (Å²) in [6.07, 6.45) is 0.327. The van der Waals surface area contributed by atoms with Crippen molar-refractivity contribution in [2.24, 2.45) is 0 Å². The summed E-state index contributed by atoms with van der Waals surface area (Å²) < 4.78 is 2.37. The summed E-state index contributed by atoms with van der Waals surface area (Å²) in [5.41, 5.74) is 3.05. The molecule has 2 N–H and O–H groups in total. The lowest BCUT2D eigenvalue weighted by Gasteiger charge is -2.08. The summed E-state index contributed by atoms with van der Waals surface area (Å²) in [5.74, 6) is 1.11. The van der Waals surface area contributed by atoms with Crippen LogP contribution in [0.3, 0.4) is 0 Å². The van der Waals surface area contributed by atoms with E-state index in [1.54, 1.807) is 11.3 Å². The summed E-state index contributed by atoms with van der Waals surface area (Å²) in [6, 6.07) is 8.07. The van der Waals surface area contributed by atoms with Crippen molar-refractivity contribution in [1.29, 1.82) is 0 Å². The van der Waals surface area contributed by atoms with E-state index < -0.39 is 0 Å². The van der Waals surface area contributed by atoms with E-state index in [4.69, 9.17) is 12.2 Å². The zero-order valence-electron chi connectivity index (χ0n) is 15.7. The number of nitrogens with one attached hydrogen (secondary N) is 2. The standard InChI is InChI=1S/C19H23N5OS2/c1-12(2)18-21-15(11-27-18)10-20-16(25)8-9-24-17(22-23-19(24)26)14-6-4-13(3)5-7-14/h4-7,11-12H,8-10H2,1-3H3,(H,20,25)(H,23,26). The molecule has 0 aliphatic heterocycles. The van der Waals surface area contributed by atoms with Gasteiger partial charge in [-0.2, -0.15) is 5.10 Å². The number of carbonyl (C=O) groups is 1. The Morgan fingerprint density at radius 1 is 1.33 bits per heavy atom. The number of hydrogen-bond donors (Lipinski definition) is 2. The highest BCUT2D eigenvalue weighted by Gasteiger charge is 2.11. The highest BCUT2D eigenvalue weighted by atomic mass is 32.1. The number of amides is 1. The topological polar surface area (TPSA) is 75.6 Å². The number of carbonyl (C=O) groups excluding carboxylic acids is 1. The Kier molecular flexibility index (Phi) is 6.18.